The summed E-state index contributed by atoms with van der Waals surface area (Å²) in [6.07, 6.45) is 0.144. The highest BCUT2D eigenvalue weighted by Crippen LogP contribution is 2.48. The van der Waals surface area contributed by atoms with E-state index in [1.165, 1.54) is 12.0 Å². The largest absolute Gasteiger partial charge is 0.468 e. The first-order valence-corrected chi connectivity index (χ1v) is 4.62. The van der Waals surface area contributed by atoms with Crippen LogP contribution in [0.3, 0.4) is 0 Å². The van der Waals surface area contributed by atoms with E-state index in [2.05, 4.69) is 4.74 Å². The number of carbonyl (C=O) groups excluding carboxylic acids is 2. The van der Waals surface area contributed by atoms with Gasteiger partial charge in [0.15, 0.2) is 0 Å². The molecule has 14 heavy (non-hydrogen) atoms. The molecule has 0 radical (unpaired) electrons. The van der Waals surface area contributed by atoms with Crippen LogP contribution in [0.1, 0.15) is 12.8 Å². The van der Waals surface area contributed by atoms with Crippen molar-refractivity contribution in [2.75, 3.05) is 20.2 Å². The van der Waals surface area contributed by atoms with Crippen molar-refractivity contribution in [1.29, 1.82) is 0 Å². The Hall–Kier alpha value is -1.13. The fourth-order valence-corrected chi connectivity index (χ4v) is 1.72. The van der Waals surface area contributed by atoms with Gasteiger partial charge >= 0.3 is 5.97 Å². The Labute approximate surface area is 81.0 Å². The van der Waals surface area contributed by atoms with Gasteiger partial charge in [0.2, 0.25) is 5.91 Å². The summed E-state index contributed by atoms with van der Waals surface area (Å²) in [6.45, 7) is 0.245. The smallest absolute Gasteiger partial charge is 0.321 e. The molecule has 0 spiro atoms. The number of ether oxygens (including phenoxy) is 1. The number of carbonyl (C=O) groups is 2. The molecule has 78 valence electrons. The van der Waals surface area contributed by atoms with Gasteiger partial charge in [-0.15, -0.1) is 0 Å². The van der Waals surface area contributed by atoms with Gasteiger partial charge in [0, 0.05) is 0 Å². The summed E-state index contributed by atoms with van der Waals surface area (Å²) in [5.74, 6) is -0.747. The number of esters is 1. The minimum Gasteiger partial charge on any atom is -0.468 e. The van der Waals surface area contributed by atoms with Crippen molar-refractivity contribution in [3.63, 3.8) is 0 Å². The molecule has 2 fully saturated rings. The molecule has 1 saturated carbocycles. The molecule has 0 aromatic rings. The van der Waals surface area contributed by atoms with Crippen molar-refractivity contribution in [2.24, 2.45) is 5.41 Å². The van der Waals surface area contributed by atoms with Crippen LogP contribution in [0.25, 0.3) is 0 Å². The summed E-state index contributed by atoms with van der Waals surface area (Å²) >= 11 is 0. The van der Waals surface area contributed by atoms with Gasteiger partial charge in [0.05, 0.1) is 20.2 Å². The zero-order valence-corrected chi connectivity index (χ0v) is 7.96. The third kappa shape index (κ3) is 1.19. The number of nitrogens with zero attached hydrogens (tertiary/aromatic N) is 1. The maximum absolute atomic E-state index is 12.5. The van der Waals surface area contributed by atoms with Gasteiger partial charge in [0.25, 0.3) is 0 Å². The van der Waals surface area contributed by atoms with E-state index in [-0.39, 0.29) is 19.0 Å². The average molecular weight is 201 g/mol. The summed E-state index contributed by atoms with van der Waals surface area (Å²) in [5.41, 5.74) is -0.963. The van der Waals surface area contributed by atoms with Crippen LogP contribution in [0.5, 0.6) is 0 Å². The van der Waals surface area contributed by atoms with Gasteiger partial charge < -0.3 is 9.64 Å². The third-order valence-corrected chi connectivity index (χ3v) is 2.86. The van der Waals surface area contributed by atoms with E-state index >= 15 is 0 Å². The molecule has 2 aliphatic rings. The Morgan fingerprint density at radius 3 is 2.36 bits per heavy atom. The summed E-state index contributed by atoms with van der Waals surface area (Å²) in [5, 5.41) is 0. The maximum atomic E-state index is 12.5. The lowest BCUT2D eigenvalue weighted by Crippen LogP contribution is -2.55. The van der Waals surface area contributed by atoms with E-state index < -0.39 is 17.6 Å². The average Bonchev–Trinajstić information content (AvgIpc) is 2.91. The van der Waals surface area contributed by atoms with E-state index in [4.69, 9.17) is 0 Å². The van der Waals surface area contributed by atoms with Gasteiger partial charge in [-0.3, -0.25) is 9.59 Å². The molecule has 1 aliphatic heterocycles. The number of rotatable bonds is 2. The van der Waals surface area contributed by atoms with Crippen LogP contribution < -0.4 is 0 Å². The molecule has 5 heteroatoms. The Morgan fingerprint density at radius 2 is 2.00 bits per heavy atom. The van der Waals surface area contributed by atoms with E-state index in [1.807, 2.05) is 0 Å². The van der Waals surface area contributed by atoms with Crippen molar-refractivity contribution in [3.8, 4) is 0 Å². The number of amides is 1. The topological polar surface area (TPSA) is 46.6 Å². The van der Waals surface area contributed by atoms with E-state index in [9.17, 15) is 14.0 Å². The molecule has 0 N–H and O–H groups in total. The highest BCUT2D eigenvalue weighted by Gasteiger charge is 2.60. The first-order valence-electron chi connectivity index (χ1n) is 4.62. The maximum Gasteiger partial charge on any atom is 0.321 e. The van der Waals surface area contributed by atoms with Crippen molar-refractivity contribution in [3.05, 3.63) is 0 Å². The van der Waals surface area contributed by atoms with E-state index in [0.29, 0.717) is 12.8 Å². The monoisotopic (exact) mass is 201 g/mol. The highest BCUT2D eigenvalue weighted by molar-refractivity contribution is 6.05. The molecule has 0 aromatic heterocycles. The van der Waals surface area contributed by atoms with E-state index in [0.717, 1.165) is 0 Å². The minimum atomic E-state index is -0.963. The molecule has 0 bridgehead atoms. The van der Waals surface area contributed by atoms with Crippen molar-refractivity contribution >= 4 is 11.9 Å². The van der Waals surface area contributed by atoms with Crippen LogP contribution in [0.15, 0.2) is 0 Å². The Balaban J connectivity index is 2.01. The summed E-state index contributed by atoms with van der Waals surface area (Å²) in [7, 11) is 1.27. The summed E-state index contributed by atoms with van der Waals surface area (Å²) in [4.78, 5) is 24.4. The summed E-state index contributed by atoms with van der Waals surface area (Å²) in [6, 6.07) is 0. The number of hydrogen-bond donors (Lipinski definition) is 0. The Morgan fingerprint density at radius 1 is 1.43 bits per heavy atom. The second-order valence-corrected chi connectivity index (χ2v) is 3.88. The SMILES string of the molecule is COC(=O)C1(C(=O)N2CC(F)C2)CC1. The van der Waals surface area contributed by atoms with Crippen LogP contribution in [0.2, 0.25) is 0 Å². The van der Waals surface area contributed by atoms with Crippen LogP contribution in [-0.2, 0) is 14.3 Å². The van der Waals surface area contributed by atoms with Gasteiger partial charge in [-0.05, 0) is 12.8 Å². The number of hydrogen-bond acceptors (Lipinski definition) is 3. The summed E-state index contributed by atoms with van der Waals surface area (Å²) < 4.78 is 17.1. The predicted molar refractivity (Wildman–Crippen MR) is 45.2 cm³/mol. The standard InChI is InChI=1S/C9H12FNO3/c1-14-8(13)9(2-3-9)7(12)11-4-6(10)5-11/h6H,2-5H2,1H3. The van der Waals surface area contributed by atoms with Gasteiger partial charge in [-0.2, -0.15) is 0 Å². The van der Waals surface area contributed by atoms with Crippen molar-refractivity contribution in [1.82, 2.24) is 4.90 Å². The van der Waals surface area contributed by atoms with Gasteiger partial charge in [0.1, 0.15) is 11.6 Å². The number of halogens is 1. The van der Waals surface area contributed by atoms with Crippen LogP contribution in [-0.4, -0.2) is 43.1 Å². The molecule has 4 nitrogen and oxygen atoms in total. The third-order valence-electron chi connectivity index (χ3n) is 2.86. The lowest BCUT2D eigenvalue weighted by atomic mass is 10.0. The molecule has 1 heterocycles. The van der Waals surface area contributed by atoms with Crippen LogP contribution in [0.4, 0.5) is 4.39 Å². The molecule has 1 aliphatic carbocycles. The second kappa shape index (κ2) is 2.93. The molecule has 0 aromatic carbocycles. The molecule has 0 unspecified atom stereocenters. The fraction of sp³-hybridized carbons (Fsp3) is 0.778. The molecule has 0 atom stereocenters. The molecule has 1 saturated heterocycles. The highest BCUT2D eigenvalue weighted by atomic mass is 19.1. The van der Waals surface area contributed by atoms with Crippen molar-refractivity contribution in [2.45, 2.75) is 19.0 Å². The first-order chi connectivity index (χ1) is 6.60. The van der Waals surface area contributed by atoms with Crippen molar-refractivity contribution < 1.29 is 18.7 Å². The normalized spacial score (nSPS) is 24.0. The predicted octanol–water partition coefficient (Wildman–Crippen LogP) is 0.120. The Bertz CT molecular complexity index is 282. The fourth-order valence-electron chi connectivity index (χ4n) is 1.72. The van der Waals surface area contributed by atoms with Crippen LogP contribution >= 0.6 is 0 Å². The number of likely N-dealkylation sites (tertiary alicyclic amines) is 1. The molecular formula is C9H12FNO3. The zero-order valence-electron chi connectivity index (χ0n) is 7.96. The lowest BCUT2D eigenvalue weighted by molar-refractivity contribution is -0.159. The molecular weight excluding hydrogens is 189 g/mol. The van der Waals surface area contributed by atoms with Gasteiger partial charge in [-0.1, -0.05) is 0 Å². The number of methoxy groups -OCH3 is 1. The van der Waals surface area contributed by atoms with E-state index in [1.54, 1.807) is 0 Å². The first kappa shape index (κ1) is 9.43. The number of alkyl halides is 1. The second-order valence-electron chi connectivity index (χ2n) is 3.88. The quantitative estimate of drug-likeness (QED) is 0.471. The van der Waals surface area contributed by atoms with Crippen LogP contribution in [0, 0.1) is 5.41 Å². The zero-order chi connectivity index (χ0) is 10.3. The molecule has 1 amide bonds. The Kier molecular flexibility index (Phi) is 1.97. The lowest BCUT2D eigenvalue weighted by Gasteiger charge is -2.36. The van der Waals surface area contributed by atoms with Gasteiger partial charge in [-0.25, -0.2) is 4.39 Å². The minimum absolute atomic E-state index is 0.123. The molecule has 2 rings (SSSR count).